The van der Waals surface area contributed by atoms with Crippen molar-refractivity contribution in [1.29, 1.82) is 0 Å². The molecule has 0 saturated carbocycles. The second-order valence-corrected chi connectivity index (χ2v) is 5.29. The minimum atomic E-state index is -3.91. The second kappa shape index (κ2) is 6.04. The molecule has 1 aromatic rings. The van der Waals surface area contributed by atoms with Gasteiger partial charge in [0.25, 0.3) is 10.0 Å². The Morgan fingerprint density at radius 3 is 2.82 bits per heavy atom. The molecular formula is C10H15FN2O3S. The molecule has 0 aliphatic rings. The van der Waals surface area contributed by atoms with E-state index in [2.05, 4.69) is 9.71 Å². The van der Waals surface area contributed by atoms with Gasteiger partial charge in [0, 0.05) is 12.7 Å². The Bertz CT molecular complexity index is 462. The lowest BCUT2D eigenvalue weighted by atomic mass is 10.5. The molecule has 5 nitrogen and oxygen atoms in total. The summed E-state index contributed by atoms with van der Waals surface area (Å²) < 4.78 is 43.8. The quantitative estimate of drug-likeness (QED) is 0.774. The molecule has 0 aliphatic carbocycles. The predicted octanol–water partition coefficient (Wildman–Crippen LogP) is 0.924. The Kier molecular flexibility index (Phi) is 4.98. The molecule has 1 rings (SSSR count). The van der Waals surface area contributed by atoms with Crippen LogP contribution in [0.2, 0.25) is 0 Å². The van der Waals surface area contributed by atoms with Gasteiger partial charge in [0.2, 0.25) is 5.03 Å². The number of hydrogen-bond donors (Lipinski definition) is 1. The maximum absolute atomic E-state index is 13.2. The van der Waals surface area contributed by atoms with Crippen LogP contribution in [0.3, 0.4) is 0 Å². The predicted molar refractivity (Wildman–Crippen MR) is 60.5 cm³/mol. The van der Waals surface area contributed by atoms with Gasteiger partial charge in [0.15, 0.2) is 5.82 Å². The Morgan fingerprint density at radius 1 is 1.53 bits per heavy atom. The van der Waals surface area contributed by atoms with Crippen molar-refractivity contribution in [1.82, 2.24) is 9.71 Å². The van der Waals surface area contributed by atoms with Gasteiger partial charge in [-0.15, -0.1) is 0 Å². The third kappa shape index (κ3) is 4.37. The van der Waals surface area contributed by atoms with E-state index in [0.717, 1.165) is 6.07 Å². The van der Waals surface area contributed by atoms with Crippen LogP contribution in [0, 0.1) is 5.82 Å². The number of pyridine rings is 1. The van der Waals surface area contributed by atoms with Crippen LogP contribution >= 0.6 is 0 Å². The highest BCUT2D eigenvalue weighted by Gasteiger charge is 2.19. The lowest BCUT2D eigenvalue weighted by Gasteiger charge is -2.09. The molecule has 1 heterocycles. The Morgan fingerprint density at radius 2 is 2.24 bits per heavy atom. The highest BCUT2D eigenvalue weighted by Crippen LogP contribution is 2.09. The molecule has 96 valence electrons. The Labute approximate surface area is 100 Å². The fourth-order valence-electron chi connectivity index (χ4n) is 1.11. The smallest absolute Gasteiger partial charge is 0.261 e. The van der Waals surface area contributed by atoms with Crippen molar-refractivity contribution in [3.63, 3.8) is 0 Å². The third-order valence-electron chi connectivity index (χ3n) is 1.82. The summed E-state index contributed by atoms with van der Waals surface area (Å²) in [5.41, 5.74) is 0. The van der Waals surface area contributed by atoms with Crippen molar-refractivity contribution in [2.24, 2.45) is 0 Å². The van der Waals surface area contributed by atoms with E-state index < -0.39 is 20.9 Å². The van der Waals surface area contributed by atoms with Crippen LogP contribution in [-0.4, -0.2) is 32.7 Å². The van der Waals surface area contributed by atoms with Gasteiger partial charge in [0.1, 0.15) is 0 Å². The highest BCUT2D eigenvalue weighted by molar-refractivity contribution is 7.89. The molecule has 0 aromatic carbocycles. The van der Waals surface area contributed by atoms with Crippen LogP contribution in [0.15, 0.2) is 23.4 Å². The van der Waals surface area contributed by atoms with Crippen LogP contribution in [-0.2, 0) is 14.8 Å². The molecule has 0 amide bonds. The monoisotopic (exact) mass is 262 g/mol. The molecule has 7 heteroatoms. The standard InChI is InChI=1S/C10H15FN2O3S/c1-8(2)16-7-6-13-17(14,15)10-9(11)4-3-5-12-10/h3-5,8,13H,6-7H2,1-2H3. The number of sulfonamides is 1. The lowest BCUT2D eigenvalue weighted by molar-refractivity contribution is 0.0833. The number of halogens is 1. The molecule has 0 saturated heterocycles. The molecule has 0 unspecified atom stereocenters. The van der Waals surface area contributed by atoms with E-state index >= 15 is 0 Å². The first-order valence-corrected chi connectivity index (χ1v) is 6.63. The Hall–Kier alpha value is -1.05. The average Bonchev–Trinajstić information content (AvgIpc) is 2.24. The van der Waals surface area contributed by atoms with Crippen LogP contribution < -0.4 is 4.72 Å². The minimum Gasteiger partial charge on any atom is -0.377 e. The van der Waals surface area contributed by atoms with E-state index in [1.807, 2.05) is 13.8 Å². The molecule has 0 aliphatic heterocycles. The van der Waals surface area contributed by atoms with Gasteiger partial charge < -0.3 is 4.74 Å². The first-order chi connectivity index (χ1) is 7.93. The van der Waals surface area contributed by atoms with Gasteiger partial charge in [-0.25, -0.2) is 22.5 Å². The molecule has 0 spiro atoms. The van der Waals surface area contributed by atoms with E-state index in [9.17, 15) is 12.8 Å². The summed E-state index contributed by atoms with van der Waals surface area (Å²) in [4.78, 5) is 3.50. The molecule has 0 atom stereocenters. The number of nitrogens with zero attached hydrogens (tertiary/aromatic N) is 1. The molecule has 17 heavy (non-hydrogen) atoms. The SMILES string of the molecule is CC(C)OCCNS(=O)(=O)c1ncccc1F. The summed E-state index contributed by atoms with van der Waals surface area (Å²) >= 11 is 0. The highest BCUT2D eigenvalue weighted by atomic mass is 32.2. The van der Waals surface area contributed by atoms with Gasteiger partial charge in [-0.1, -0.05) is 0 Å². The molecule has 0 radical (unpaired) electrons. The molecule has 0 fully saturated rings. The average molecular weight is 262 g/mol. The van der Waals surface area contributed by atoms with E-state index in [4.69, 9.17) is 4.74 Å². The van der Waals surface area contributed by atoms with Crippen molar-refractivity contribution in [3.05, 3.63) is 24.1 Å². The van der Waals surface area contributed by atoms with Crippen molar-refractivity contribution < 1.29 is 17.5 Å². The van der Waals surface area contributed by atoms with Crippen molar-refractivity contribution in [2.75, 3.05) is 13.2 Å². The summed E-state index contributed by atoms with van der Waals surface area (Å²) in [7, 11) is -3.91. The zero-order valence-electron chi connectivity index (χ0n) is 9.68. The molecule has 1 aromatic heterocycles. The summed E-state index contributed by atoms with van der Waals surface area (Å²) in [5, 5.41) is -0.593. The summed E-state index contributed by atoms with van der Waals surface area (Å²) in [5.74, 6) is -0.871. The number of ether oxygens (including phenoxy) is 1. The van der Waals surface area contributed by atoms with Crippen LogP contribution in [0.1, 0.15) is 13.8 Å². The van der Waals surface area contributed by atoms with Crippen molar-refractivity contribution >= 4 is 10.0 Å². The largest absolute Gasteiger partial charge is 0.377 e. The zero-order valence-corrected chi connectivity index (χ0v) is 10.5. The first-order valence-electron chi connectivity index (χ1n) is 5.15. The normalized spacial score (nSPS) is 12.0. The molecule has 0 bridgehead atoms. The van der Waals surface area contributed by atoms with E-state index in [-0.39, 0.29) is 19.3 Å². The Balaban J connectivity index is 2.61. The number of nitrogens with one attached hydrogen (secondary N) is 1. The first kappa shape index (κ1) is 14.0. The topological polar surface area (TPSA) is 68.3 Å². The fourth-order valence-corrected chi connectivity index (χ4v) is 2.12. The minimum absolute atomic E-state index is 0.0195. The maximum atomic E-state index is 13.2. The van der Waals surface area contributed by atoms with Crippen molar-refractivity contribution in [3.8, 4) is 0 Å². The zero-order chi connectivity index (χ0) is 12.9. The fraction of sp³-hybridized carbons (Fsp3) is 0.500. The van der Waals surface area contributed by atoms with Gasteiger partial charge in [-0.05, 0) is 26.0 Å². The summed E-state index contributed by atoms with van der Waals surface area (Å²) in [6.45, 7) is 3.99. The van der Waals surface area contributed by atoms with Crippen LogP contribution in [0.4, 0.5) is 4.39 Å². The number of hydrogen-bond acceptors (Lipinski definition) is 4. The van der Waals surface area contributed by atoms with Crippen molar-refractivity contribution in [2.45, 2.75) is 25.0 Å². The summed E-state index contributed by atoms with van der Waals surface area (Å²) in [6, 6.07) is 2.38. The molecule has 1 N–H and O–H groups in total. The maximum Gasteiger partial charge on any atom is 0.261 e. The van der Waals surface area contributed by atoms with Gasteiger partial charge in [-0.3, -0.25) is 0 Å². The van der Waals surface area contributed by atoms with Gasteiger partial charge in [-0.2, -0.15) is 0 Å². The van der Waals surface area contributed by atoms with Crippen LogP contribution in [0.5, 0.6) is 0 Å². The lowest BCUT2D eigenvalue weighted by Crippen LogP contribution is -2.29. The third-order valence-corrected chi connectivity index (χ3v) is 3.22. The number of aromatic nitrogens is 1. The van der Waals surface area contributed by atoms with Crippen LogP contribution in [0.25, 0.3) is 0 Å². The van der Waals surface area contributed by atoms with E-state index in [0.29, 0.717) is 0 Å². The van der Waals surface area contributed by atoms with Gasteiger partial charge in [0.05, 0.1) is 12.7 Å². The van der Waals surface area contributed by atoms with E-state index in [1.165, 1.54) is 12.3 Å². The van der Waals surface area contributed by atoms with E-state index in [1.54, 1.807) is 0 Å². The second-order valence-electron chi connectivity index (χ2n) is 3.61. The summed E-state index contributed by atoms with van der Waals surface area (Å²) in [6.07, 6.45) is 1.24. The molecular weight excluding hydrogens is 247 g/mol. The van der Waals surface area contributed by atoms with Gasteiger partial charge >= 0.3 is 0 Å². The number of rotatable bonds is 6.